The predicted molar refractivity (Wildman–Crippen MR) is 66.1 cm³/mol. The van der Waals surface area contributed by atoms with Crippen LogP contribution in [-0.2, 0) is 4.74 Å². The van der Waals surface area contributed by atoms with Crippen molar-refractivity contribution in [3.8, 4) is 0 Å². The highest BCUT2D eigenvalue weighted by molar-refractivity contribution is 4.74. The summed E-state index contributed by atoms with van der Waals surface area (Å²) >= 11 is 0. The van der Waals surface area contributed by atoms with Crippen LogP contribution >= 0.6 is 0 Å². The number of rotatable bonds is 9. The third-order valence-electron chi connectivity index (χ3n) is 2.71. The second-order valence-electron chi connectivity index (χ2n) is 4.37. The van der Waals surface area contributed by atoms with E-state index in [1.807, 2.05) is 0 Å². The molecule has 0 rings (SSSR count). The lowest BCUT2D eigenvalue weighted by Crippen LogP contribution is -2.43. The van der Waals surface area contributed by atoms with Gasteiger partial charge in [0.15, 0.2) is 0 Å². The van der Waals surface area contributed by atoms with E-state index in [2.05, 4.69) is 25.7 Å². The minimum absolute atomic E-state index is 0.526. The number of hydrogen-bond donors (Lipinski definition) is 1. The van der Waals surface area contributed by atoms with Gasteiger partial charge in [-0.1, -0.05) is 6.92 Å². The first-order valence-electron chi connectivity index (χ1n) is 6.12. The van der Waals surface area contributed by atoms with E-state index < -0.39 is 0 Å². The monoisotopic (exact) mass is 216 g/mol. The summed E-state index contributed by atoms with van der Waals surface area (Å²) in [7, 11) is 1.78. The lowest BCUT2D eigenvalue weighted by molar-refractivity contribution is 0.0643. The van der Waals surface area contributed by atoms with Crippen LogP contribution in [0.15, 0.2) is 0 Å². The maximum atomic E-state index is 5.56. The van der Waals surface area contributed by atoms with E-state index in [0.717, 1.165) is 32.5 Å². The zero-order chi connectivity index (χ0) is 11.7. The lowest BCUT2D eigenvalue weighted by atomic mass is 10.1. The number of ether oxygens (including phenoxy) is 1. The maximum absolute atomic E-state index is 5.56. The van der Waals surface area contributed by atoms with E-state index in [9.17, 15) is 0 Å². The van der Waals surface area contributed by atoms with Crippen molar-refractivity contribution in [2.45, 2.75) is 52.1 Å². The van der Waals surface area contributed by atoms with Gasteiger partial charge in [0, 0.05) is 19.2 Å². The van der Waals surface area contributed by atoms with E-state index in [0.29, 0.717) is 12.1 Å². The third kappa shape index (κ3) is 6.13. The molecule has 3 heteroatoms. The van der Waals surface area contributed by atoms with Gasteiger partial charge in [-0.3, -0.25) is 4.90 Å². The Morgan fingerprint density at radius 2 is 2.00 bits per heavy atom. The summed E-state index contributed by atoms with van der Waals surface area (Å²) < 4.78 is 5.30. The molecule has 0 aromatic heterocycles. The summed E-state index contributed by atoms with van der Waals surface area (Å²) in [5, 5.41) is 0. The lowest BCUT2D eigenvalue weighted by Gasteiger charge is -2.34. The van der Waals surface area contributed by atoms with Gasteiger partial charge < -0.3 is 10.5 Å². The Hall–Kier alpha value is -0.120. The Morgan fingerprint density at radius 3 is 2.40 bits per heavy atom. The van der Waals surface area contributed by atoms with Gasteiger partial charge >= 0.3 is 0 Å². The van der Waals surface area contributed by atoms with Gasteiger partial charge in [0.1, 0.15) is 0 Å². The molecule has 1 atom stereocenters. The number of nitrogens with two attached hydrogens (primary N) is 1. The summed E-state index contributed by atoms with van der Waals surface area (Å²) in [5.74, 6) is 0. The molecule has 0 spiro atoms. The molecule has 0 heterocycles. The Balaban J connectivity index is 4.23. The fourth-order valence-corrected chi connectivity index (χ4v) is 2.01. The minimum atomic E-state index is 0.526. The van der Waals surface area contributed by atoms with Crippen LogP contribution in [0, 0.1) is 0 Å². The van der Waals surface area contributed by atoms with Crippen molar-refractivity contribution in [2.24, 2.45) is 5.73 Å². The van der Waals surface area contributed by atoms with Crippen molar-refractivity contribution in [1.29, 1.82) is 0 Å². The molecule has 0 aliphatic carbocycles. The Kier molecular flexibility index (Phi) is 9.06. The SMILES string of the molecule is CCCN(C(C)C)C(CCCN)COC. The molecule has 0 saturated heterocycles. The van der Waals surface area contributed by atoms with E-state index in [1.54, 1.807) is 7.11 Å². The van der Waals surface area contributed by atoms with Crippen LogP contribution in [0.3, 0.4) is 0 Å². The van der Waals surface area contributed by atoms with Gasteiger partial charge in [-0.05, 0) is 46.2 Å². The van der Waals surface area contributed by atoms with Gasteiger partial charge in [0.25, 0.3) is 0 Å². The van der Waals surface area contributed by atoms with Crippen molar-refractivity contribution in [1.82, 2.24) is 4.90 Å². The maximum Gasteiger partial charge on any atom is 0.0618 e. The third-order valence-corrected chi connectivity index (χ3v) is 2.71. The van der Waals surface area contributed by atoms with Crippen molar-refractivity contribution in [3.63, 3.8) is 0 Å². The molecule has 0 aromatic carbocycles. The molecule has 15 heavy (non-hydrogen) atoms. The molecule has 92 valence electrons. The first-order chi connectivity index (χ1) is 7.17. The zero-order valence-electron chi connectivity index (χ0n) is 10.8. The molecule has 0 aliphatic heterocycles. The summed E-state index contributed by atoms with van der Waals surface area (Å²) in [4.78, 5) is 2.53. The summed E-state index contributed by atoms with van der Waals surface area (Å²) in [6, 6.07) is 1.11. The van der Waals surface area contributed by atoms with Gasteiger partial charge in [-0.25, -0.2) is 0 Å². The summed E-state index contributed by atoms with van der Waals surface area (Å²) in [6.45, 7) is 9.47. The van der Waals surface area contributed by atoms with Crippen LogP contribution in [0.2, 0.25) is 0 Å². The first kappa shape index (κ1) is 14.9. The van der Waals surface area contributed by atoms with Crippen LogP contribution < -0.4 is 5.73 Å². The molecule has 0 bridgehead atoms. The van der Waals surface area contributed by atoms with Crippen LogP contribution in [0.1, 0.15) is 40.0 Å². The van der Waals surface area contributed by atoms with Crippen LogP contribution in [-0.4, -0.2) is 43.8 Å². The fraction of sp³-hybridized carbons (Fsp3) is 1.00. The second-order valence-corrected chi connectivity index (χ2v) is 4.37. The molecule has 0 fully saturated rings. The molecule has 0 amide bonds. The molecule has 3 nitrogen and oxygen atoms in total. The van der Waals surface area contributed by atoms with Gasteiger partial charge in [0.05, 0.1) is 6.61 Å². The smallest absolute Gasteiger partial charge is 0.0618 e. The standard InChI is InChI=1S/C12H28N2O/c1-5-9-14(11(2)3)12(10-15-4)7-6-8-13/h11-12H,5-10,13H2,1-4H3. The average molecular weight is 216 g/mol. The number of methoxy groups -OCH3 is 1. The van der Waals surface area contributed by atoms with Crippen molar-refractivity contribution in [2.75, 3.05) is 26.8 Å². The first-order valence-corrected chi connectivity index (χ1v) is 6.12. The highest BCUT2D eigenvalue weighted by Crippen LogP contribution is 2.12. The van der Waals surface area contributed by atoms with Crippen LogP contribution in [0.25, 0.3) is 0 Å². The summed E-state index contributed by atoms with van der Waals surface area (Å²) in [6.07, 6.45) is 3.42. The van der Waals surface area contributed by atoms with Gasteiger partial charge in [-0.15, -0.1) is 0 Å². The molecular weight excluding hydrogens is 188 g/mol. The van der Waals surface area contributed by atoms with E-state index in [1.165, 1.54) is 6.42 Å². The van der Waals surface area contributed by atoms with Crippen LogP contribution in [0.5, 0.6) is 0 Å². The largest absolute Gasteiger partial charge is 0.383 e. The Labute approximate surface area is 95.0 Å². The van der Waals surface area contributed by atoms with Crippen molar-refractivity contribution < 1.29 is 4.74 Å². The van der Waals surface area contributed by atoms with Crippen LogP contribution in [0.4, 0.5) is 0 Å². The fourth-order valence-electron chi connectivity index (χ4n) is 2.01. The highest BCUT2D eigenvalue weighted by atomic mass is 16.5. The molecule has 0 aliphatic rings. The summed E-state index contributed by atoms with van der Waals surface area (Å²) in [5.41, 5.74) is 5.56. The molecule has 2 N–H and O–H groups in total. The van der Waals surface area contributed by atoms with E-state index in [-0.39, 0.29) is 0 Å². The molecule has 0 saturated carbocycles. The second kappa shape index (κ2) is 9.13. The molecule has 1 unspecified atom stereocenters. The van der Waals surface area contributed by atoms with E-state index >= 15 is 0 Å². The minimum Gasteiger partial charge on any atom is -0.383 e. The number of hydrogen-bond acceptors (Lipinski definition) is 3. The Bertz CT molecular complexity index is 140. The van der Waals surface area contributed by atoms with Gasteiger partial charge in [-0.2, -0.15) is 0 Å². The number of nitrogens with zero attached hydrogens (tertiary/aromatic N) is 1. The molecule has 0 aromatic rings. The predicted octanol–water partition coefficient (Wildman–Crippen LogP) is 1.86. The topological polar surface area (TPSA) is 38.5 Å². The molecule has 0 radical (unpaired) electrons. The van der Waals surface area contributed by atoms with Crippen molar-refractivity contribution >= 4 is 0 Å². The quantitative estimate of drug-likeness (QED) is 0.639. The van der Waals surface area contributed by atoms with E-state index in [4.69, 9.17) is 10.5 Å². The average Bonchev–Trinajstić information content (AvgIpc) is 2.21. The highest BCUT2D eigenvalue weighted by Gasteiger charge is 2.19. The Morgan fingerprint density at radius 1 is 1.33 bits per heavy atom. The zero-order valence-corrected chi connectivity index (χ0v) is 10.8. The normalized spacial score (nSPS) is 13.8. The molecular formula is C12H28N2O. The van der Waals surface area contributed by atoms with Gasteiger partial charge in [0.2, 0.25) is 0 Å². The van der Waals surface area contributed by atoms with Crippen molar-refractivity contribution in [3.05, 3.63) is 0 Å².